The van der Waals surface area contributed by atoms with Gasteiger partial charge in [-0.05, 0) is 31.9 Å². The summed E-state index contributed by atoms with van der Waals surface area (Å²) in [5.74, 6) is -0.452. The van der Waals surface area contributed by atoms with E-state index in [2.05, 4.69) is 20.8 Å². The normalized spacial score (nSPS) is 10.6. The van der Waals surface area contributed by atoms with Crippen molar-refractivity contribution in [3.63, 3.8) is 0 Å². The summed E-state index contributed by atoms with van der Waals surface area (Å²) in [5, 5.41) is 15.5. The third kappa shape index (κ3) is 5.80. The van der Waals surface area contributed by atoms with E-state index in [4.69, 9.17) is 4.74 Å². The zero-order valence-corrected chi connectivity index (χ0v) is 19.3. The molecule has 10 heteroatoms. The molecule has 1 amide bonds. The molecule has 2 aromatic heterocycles. The van der Waals surface area contributed by atoms with Gasteiger partial charge in [-0.1, -0.05) is 53.4 Å². The van der Waals surface area contributed by atoms with Crippen LogP contribution in [-0.2, 0) is 16.1 Å². The van der Waals surface area contributed by atoms with E-state index in [0.29, 0.717) is 26.6 Å². The molecule has 0 saturated carbocycles. The highest BCUT2D eigenvalue weighted by Gasteiger charge is 2.22. The third-order valence-corrected chi connectivity index (χ3v) is 7.27. The van der Waals surface area contributed by atoms with Gasteiger partial charge in [0.2, 0.25) is 11.0 Å². The molecule has 0 saturated heterocycles. The number of nitrogens with zero attached hydrogens (tertiary/aromatic N) is 2. The monoisotopic (exact) mass is 462 g/mol. The Morgan fingerprint density at radius 1 is 1.13 bits per heavy atom. The first-order valence-corrected chi connectivity index (χ1v) is 11.9. The van der Waals surface area contributed by atoms with Crippen LogP contribution in [0.25, 0.3) is 0 Å². The molecule has 3 rings (SSSR count). The fraction of sp³-hybridized carbons (Fsp3) is 0.300. The van der Waals surface area contributed by atoms with E-state index in [1.807, 2.05) is 44.2 Å². The number of esters is 1. The van der Waals surface area contributed by atoms with Gasteiger partial charge in [0.25, 0.3) is 0 Å². The minimum Gasteiger partial charge on any atom is -0.462 e. The van der Waals surface area contributed by atoms with Gasteiger partial charge >= 0.3 is 5.97 Å². The molecule has 3 aromatic rings. The SMILES string of the molecule is CCOC(=O)c1c(NC(=O)CSc2nnc(NCc3ccccc3)s2)sc(C)c1C. The molecule has 0 aliphatic carbocycles. The zero-order valence-electron chi connectivity index (χ0n) is 16.9. The summed E-state index contributed by atoms with van der Waals surface area (Å²) in [7, 11) is 0. The van der Waals surface area contributed by atoms with E-state index in [1.165, 1.54) is 34.4 Å². The van der Waals surface area contributed by atoms with Crippen molar-refractivity contribution in [1.29, 1.82) is 0 Å². The molecule has 0 fully saturated rings. The number of carbonyl (C=O) groups excluding carboxylic acids is 2. The molecule has 2 N–H and O–H groups in total. The fourth-order valence-electron chi connectivity index (χ4n) is 2.57. The Morgan fingerprint density at radius 2 is 1.90 bits per heavy atom. The largest absolute Gasteiger partial charge is 0.462 e. The second-order valence-electron chi connectivity index (χ2n) is 6.26. The number of thiophene rings is 1. The fourth-order valence-corrected chi connectivity index (χ4v) is 5.18. The van der Waals surface area contributed by atoms with Crippen molar-refractivity contribution in [3.8, 4) is 0 Å². The van der Waals surface area contributed by atoms with Crippen molar-refractivity contribution < 1.29 is 14.3 Å². The van der Waals surface area contributed by atoms with Gasteiger partial charge in [0.15, 0.2) is 4.34 Å². The van der Waals surface area contributed by atoms with Crippen molar-refractivity contribution in [2.75, 3.05) is 23.0 Å². The average Bonchev–Trinajstić information content (AvgIpc) is 3.30. The standard InChI is InChI=1S/C20H22N4O3S3/c1-4-27-18(26)16-12(2)13(3)29-17(16)22-15(25)11-28-20-24-23-19(30-20)21-10-14-8-6-5-7-9-14/h5-9H,4,10-11H2,1-3H3,(H,21,23)(H,22,25). The highest BCUT2D eigenvalue weighted by molar-refractivity contribution is 8.01. The number of thioether (sulfide) groups is 1. The lowest BCUT2D eigenvalue weighted by atomic mass is 10.1. The van der Waals surface area contributed by atoms with Crippen LogP contribution < -0.4 is 10.6 Å². The quantitative estimate of drug-likeness (QED) is 0.350. The summed E-state index contributed by atoms with van der Waals surface area (Å²) in [6.07, 6.45) is 0. The number of benzene rings is 1. The molecular formula is C20H22N4O3S3. The van der Waals surface area contributed by atoms with E-state index in [9.17, 15) is 9.59 Å². The van der Waals surface area contributed by atoms with E-state index in [0.717, 1.165) is 16.0 Å². The van der Waals surface area contributed by atoms with Crippen LogP contribution in [0.15, 0.2) is 34.7 Å². The van der Waals surface area contributed by atoms with Crippen molar-refractivity contribution in [3.05, 3.63) is 51.9 Å². The topological polar surface area (TPSA) is 93.2 Å². The highest BCUT2D eigenvalue weighted by atomic mass is 32.2. The summed E-state index contributed by atoms with van der Waals surface area (Å²) in [6, 6.07) is 10.0. The predicted molar refractivity (Wildman–Crippen MR) is 123 cm³/mol. The number of carbonyl (C=O) groups is 2. The lowest BCUT2D eigenvalue weighted by Gasteiger charge is -2.06. The van der Waals surface area contributed by atoms with E-state index in [-0.39, 0.29) is 18.3 Å². The van der Waals surface area contributed by atoms with Crippen LogP contribution in [0.3, 0.4) is 0 Å². The molecule has 0 atom stereocenters. The minimum absolute atomic E-state index is 0.172. The Hall–Kier alpha value is -2.43. The van der Waals surface area contributed by atoms with Crippen LogP contribution in [0, 0.1) is 13.8 Å². The van der Waals surface area contributed by atoms with E-state index < -0.39 is 5.97 Å². The van der Waals surface area contributed by atoms with Crippen molar-refractivity contribution >= 4 is 56.4 Å². The molecule has 158 valence electrons. The molecule has 2 heterocycles. The molecule has 0 aliphatic heterocycles. The molecule has 7 nitrogen and oxygen atoms in total. The van der Waals surface area contributed by atoms with Crippen LogP contribution in [-0.4, -0.2) is 34.4 Å². The van der Waals surface area contributed by atoms with Crippen molar-refractivity contribution in [2.24, 2.45) is 0 Å². The van der Waals surface area contributed by atoms with Gasteiger partial charge in [-0.2, -0.15) is 0 Å². The number of aryl methyl sites for hydroxylation is 1. The number of aromatic nitrogens is 2. The van der Waals surface area contributed by atoms with Crippen LogP contribution >= 0.6 is 34.4 Å². The summed E-state index contributed by atoms with van der Waals surface area (Å²) < 4.78 is 5.82. The Bertz CT molecular complexity index is 1020. The summed E-state index contributed by atoms with van der Waals surface area (Å²) in [4.78, 5) is 25.6. The van der Waals surface area contributed by atoms with Crippen LogP contribution in [0.4, 0.5) is 10.1 Å². The zero-order chi connectivity index (χ0) is 21.5. The lowest BCUT2D eigenvalue weighted by Crippen LogP contribution is -2.16. The third-order valence-electron chi connectivity index (χ3n) is 4.14. The van der Waals surface area contributed by atoms with Gasteiger partial charge in [0, 0.05) is 11.4 Å². The summed E-state index contributed by atoms with van der Waals surface area (Å²) in [5.41, 5.74) is 2.42. The minimum atomic E-state index is -0.416. The van der Waals surface area contributed by atoms with Gasteiger partial charge in [-0.25, -0.2) is 4.79 Å². The van der Waals surface area contributed by atoms with Crippen LogP contribution in [0.5, 0.6) is 0 Å². The Kier molecular flexibility index (Phi) is 7.83. The highest BCUT2D eigenvalue weighted by Crippen LogP contribution is 2.33. The van der Waals surface area contributed by atoms with Gasteiger partial charge in [-0.15, -0.1) is 21.5 Å². The first-order chi connectivity index (χ1) is 14.5. The predicted octanol–water partition coefficient (Wildman–Crippen LogP) is 4.74. The molecule has 1 aromatic carbocycles. The van der Waals surface area contributed by atoms with Gasteiger partial charge in [0.1, 0.15) is 5.00 Å². The number of anilines is 2. The second-order valence-corrected chi connectivity index (χ2v) is 9.68. The van der Waals surface area contributed by atoms with Crippen LogP contribution in [0.2, 0.25) is 0 Å². The molecular weight excluding hydrogens is 440 g/mol. The number of rotatable bonds is 9. The first kappa shape index (κ1) is 22.3. The molecule has 0 spiro atoms. The Balaban J connectivity index is 1.54. The van der Waals surface area contributed by atoms with E-state index in [1.54, 1.807) is 6.92 Å². The number of hydrogen-bond acceptors (Lipinski definition) is 9. The maximum Gasteiger partial charge on any atom is 0.341 e. The second kappa shape index (κ2) is 10.6. The van der Waals surface area contributed by atoms with Gasteiger partial charge < -0.3 is 15.4 Å². The molecule has 30 heavy (non-hydrogen) atoms. The number of amides is 1. The van der Waals surface area contributed by atoms with E-state index >= 15 is 0 Å². The van der Waals surface area contributed by atoms with Crippen LogP contribution in [0.1, 0.15) is 33.3 Å². The van der Waals surface area contributed by atoms with Crippen molar-refractivity contribution in [1.82, 2.24) is 10.2 Å². The molecule has 0 radical (unpaired) electrons. The maximum absolute atomic E-state index is 12.4. The molecule has 0 unspecified atom stereocenters. The maximum atomic E-state index is 12.4. The van der Waals surface area contributed by atoms with Gasteiger partial charge in [-0.3, -0.25) is 4.79 Å². The first-order valence-electron chi connectivity index (χ1n) is 9.29. The van der Waals surface area contributed by atoms with Gasteiger partial charge in [0.05, 0.1) is 17.9 Å². The molecule has 0 bridgehead atoms. The summed E-state index contributed by atoms with van der Waals surface area (Å²) >= 11 is 4.08. The Morgan fingerprint density at radius 3 is 2.63 bits per heavy atom. The van der Waals surface area contributed by atoms with Crippen molar-refractivity contribution in [2.45, 2.75) is 31.7 Å². The number of hydrogen-bond donors (Lipinski definition) is 2. The number of ether oxygens (including phenoxy) is 1. The average molecular weight is 463 g/mol. The lowest BCUT2D eigenvalue weighted by molar-refractivity contribution is -0.113. The molecule has 0 aliphatic rings. The Labute approximate surface area is 187 Å². The number of nitrogens with one attached hydrogen (secondary N) is 2. The summed E-state index contributed by atoms with van der Waals surface area (Å²) in [6.45, 7) is 6.47. The smallest absolute Gasteiger partial charge is 0.341 e.